The molecule has 110 valence electrons. The van der Waals surface area contributed by atoms with Crippen LogP contribution in [0.4, 0.5) is 5.95 Å². The van der Waals surface area contributed by atoms with Gasteiger partial charge in [-0.1, -0.05) is 20.8 Å². The van der Waals surface area contributed by atoms with Crippen molar-refractivity contribution in [2.75, 3.05) is 25.1 Å². The maximum atomic E-state index is 5.34. The summed E-state index contributed by atoms with van der Waals surface area (Å²) in [5, 5.41) is 3.42. The lowest BCUT2D eigenvalue weighted by molar-refractivity contribution is 0.147. The molecule has 0 bridgehead atoms. The van der Waals surface area contributed by atoms with Crippen LogP contribution in [0.15, 0.2) is 6.20 Å². The van der Waals surface area contributed by atoms with Gasteiger partial charge in [-0.2, -0.15) is 0 Å². The summed E-state index contributed by atoms with van der Waals surface area (Å²) >= 11 is 0. The molecule has 1 atom stereocenters. The van der Waals surface area contributed by atoms with E-state index < -0.39 is 0 Å². The van der Waals surface area contributed by atoms with Crippen LogP contribution in [-0.4, -0.2) is 29.3 Å². The van der Waals surface area contributed by atoms with Crippen molar-refractivity contribution in [2.24, 2.45) is 5.41 Å². The van der Waals surface area contributed by atoms with Crippen molar-refractivity contribution in [3.63, 3.8) is 0 Å². The molecule has 0 amide bonds. The van der Waals surface area contributed by atoms with Crippen LogP contribution < -0.4 is 5.32 Å². The Morgan fingerprint density at radius 2 is 2.11 bits per heavy atom. The molecule has 0 aliphatic carbocycles. The second kappa shape index (κ2) is 6.94. The molecule has 0 saturated carbocycles. The van der Waals surface area contributed by atoms with E-state index in [1.165, 1.54) is 0 Å². The van der Waals surface area contributed by atoms with E-state index in [-0.39, 0.29) is 5.41 Å². The van der Waals surface area contributed by atoms with Crippen molar-refractivity contribution in [3.8, 4) is 0 Å². The zero-order valence-electron chi connectivity index (χ0n) is 13.3. The van der Waals surface area contributed by atoms with Gasteiger partial charge in [0.2, 0.25) is 5.95 Å². The fourth-order valence-electron chi connectivity index (χ4n) is 1.88. The average molecular weight is 267 g/mol. The number of ether oxygens (including phenoxy) is 1. The number of aromatic nitrogens is 2. The van der Waals surface area contributed by atoms with Gasteiger partial charge in [0, 0.05) is 32.0 Å². The van der Waals surface area contributed by atoms with Gasteiger partial charge in [0.25, 0.3) is 0 Å². The highest BCUT2D eigenvalue weighted by Gasteiger charge is 2.23. The Labute approximate surface area is 117 Å². The molecule has 1 unspecified atom stereocenters. The van der Waals surface area contributed by atoms with Crippen LogP contribution in [0.1, 0.15) is 52.8 Å². The van der Waals surface area contributed by atoms with Crippen LogP contribution in [-0.2, 0) is 4.74 Å². The molecule has 0 radical (unpaired) electrons. The minimum atomic E-state index is 0.217. The fourth-order valence-corrected chi connectivity index (χ4v) is 1.88. The Morgan fingerprint density at radius 1 is 1.42 bits per heavy atom. The summed E-state index contributed by atoms with van der Waals surface area (Å²) in [5.41, 5.74) is 1.28. The number of imidazole rings is 1. The number of anilines is 1. The van der Waals surface area contributed by atoms with E-state index in [2.05, 4.69) is 48.8 Å². The van der Waals surface area contributed by atoms with Crippen molar-refractivity contribution in [3.05, 3.63) is 11.9 Å². The summed E-state index contributed by atoms with van der Waals surface area (Å²) in [6.07, 6.45) is 3.13. The van der Waals surface area contributed by atoms with E-state index >= 15 is 0 Å². The quantitative estimate of drug-likeness (QED) is 0.767. The van der Waals surface area contributed by atoms with E-state index in [1.807, 2.05) is 13.8 Å². The van der Waals surface area contributed by atoms with Gasteiger partial charge in [0.1, 0.15) is 0 Å². The van der Waals surface area contributed by atoms with Crippen LogP contribution in [0.2, 0.25) is 0 Å². The summed E-state index contributed by atoms with van der Waals surface area (Å²) in [7, 11) is 0. The molecule has 0 saturated heterocycles. The molecule has 1 aromatic rings. The third-order valence-electron chi connectivity index (χ3n) is 3.48. The second-order valence-electron chi connectivity index (χ2n) is 6.13. The van der Waals surface area contributed by atoms with Crippen LogP contribution in [0.25, 0.3) is 0 Å². The summed E-state index contributed by atoms with van der Waals surface area (Å²) in [6.45, 7) is 15.6. The standard InChI is InChI=1S/C15H29N3O/c1-7-19-10-8-9-16-14-17-12(2)11-18(14)13(3)15(4,5)6/h11,13H,7-10H2,1-6H3,(H,16,17). The lowest BCUT2D eigenvalue weighted by Crippen LogP contribution is -2.23. The molecule has 0 aliphatic rings. The number of rotatable bonds is 7. The third-order valence-corrected chi connectivity index (χ3v) is 3.48. The van der Waals surface area contributed by atoms with Crippen molar-refractivity contribution < 1.29 is 4.74 Å². The highest BCUT2D eigenvalue weighted by molar-refractivity contribution is 5.29. The Kier molecular flexibility index (Phi) is 5.85. The lowest BCUT2D eigenvalue weighted by atomic mass is 9.88. The van der Waals surface area contributed by atoms with Gasteiger partial charge < -0.3 is 14.6 Å². The van der Waals surface area contributed by atoms with Crippen LogP contribution in [0, 0.1) is 12.3 Å². The molecule has 4 heteroatoms. The molecule has 1 rings (SSSR count). The Hall–Kier alpha value is -1.03. The fraction of sp³-hybridized carbons (Fsp3) is 0.800. The molecule has 19 heavy (non-hydrogen) atoms. The van der Waals surface area contributed by atoms with E-state index in [0.717, 1.165) is 37.8 Å². The largest absolute Gasteiger partial charge is 0.382 e. The van der Waals surface area contributed by atoms with Gasteiger partial charge in [0.05, 0.1) is 5.69 Å². The van der Waals surface area contributed by atoms with Crippen molar-refractivity contribution in [1.82, 2.24) is 9.55 Å². The summed E-state index contributed by atoms with van der Waals surface area (Å²) in [5.74, 6) is 0.969. The minimum absolute atomic E-state index is 0.217. The highest BCUT2D eigenvalue weighted by Crippen LogP contribution is 2.32. The zero-order chi connectivity index (χ0) is 14.5. The summed E-state index contributed by atoms with van der Waals surface area (Å²) in [6, 6.07) is 0.406. The molecule has 1 heterocycles. The number of aryl methyl sites for hydroxylation is 1. The molecular weight excluding hydrogens is 238 g/mol. The first-order valence-corrected chi connectivity index (χ1v) is 7.23. The summed E-state index contributed by atoms with van der Waals surface area (Å²) in [4.78, 5) is 4.57. The van der Waals surface area contributed by atoms with Crippen molar-refractivity contribution in [2.45, 2.75) is 54.0 Å². The van der Waals surface area contributed by atoms with Gasteiger partial charge in [0.15, 0.2) is 0 Å². The van der Waals surface area contributed by atoms with Crippen LogP contribution in [0.3, 0.4) is 0 Å². The van der Waals surface area contributed by atoms with Crippen molar-refractivity contribution in [1.29, 1.82) is 0 Å². The predicted molar refractivity (Wildman–Crippen MR) is 80.7 cm³/mol. The molecule has 0 fully saturated rings. The average Bonchev–Trinajstić information content (AvgIpc) is 2.68. The van der Waals surface area contributed by atoms with E-state index in [0.29, 0.717) is 6.04 Å². The van der Waals surface area contributed by atoms with E-state index in [9.17, 15) is 0 Å². The molecular formula is C15H29N3O. The van der Waals surface area contributed by atoms with Gasteiger partial charge in [-0.05, 0) is 32.6 Å². The molecule has 0 aromatic carbocycles. The summed E-state index contributed by atoms with van der Waals surface area (Å²) < 4.78 is 7.59. The number of nitrogens with one attached hydrogen (secondary N) is 1. The Balaban J connectivity index is 2.63. The monoisotopic (exact) mass is 267 g/mol. The molecule has 1 N–H and O–H groups in total. The number of hydrogen-bond acceptors (Lipinski definition) is 3. The first kappa shape index (κ1) is 16.0. The van der Waals surface area contributed by atoms with Gasteiger partial charge in [-0.3, -0.25) is 0 Å². The van der Waals surface area contributed by atoms with Gasteiger partial charge in [-0.15, -0.1) is 0 Å². The number of nitrogens with zero attached hydrogens (tertiary/aromatic N) is 2. The first-order chi connectivity index (χ1) is 8.86. The predicted octanol–water partition coefficient (Wildman–Crippen LogP) is 3.64. The Bertz CT molecular complexity index is 379. The van der Waals surface area contributed by atoms with Gasteiger partial charge >= 0.3 is 0 Å². The third kappa shape index (κ3) is 4.86. The van der Waals surface area contributed by atoms with Crippen LogP contribution >= 0.6 is 0 Å². The highest BCUT2D eigenvalue weighted by atomic mass is 16.5. The lowest BCUT2D eigenvalue weighted by Gasteiger charge is -2.29. The van der Waals surface area contributed by atoms with Gasteiger partial charge in [-0.25, -0.2) is 4.98 Å². The normalized spacial score (nSPS) is 13.6. The SMILES string of the molecule is CCOCCCNc1nc(C)cn1C(C)C(C)(C)C. The Morgan fingerprint density at radius 3 is 2.68 bits per heavy atom. The van der Waals surface area contributed by atoms with Crippen molar-refractivity contribution >= 4 is 5.95 Å². The maximum absolute atomic E-state index is 5.34. The topological polar surface area (TPSA) is 39.1 Å². The maximum Gasteiger partial charge on any atom is 0.203 e. The van der Waals surface area contributed by atoms with E-state index in [4.69, 9.17) is 4.74 Å². The number of hydrogen-bond donors (Lipinski definition) is 1. The van der Waals surface area contributed by atoms with E-state index in [1.54, 1.807) is 0 Å². The second-order valence-corrected chi connectivity index (χ2v) is 6.13. The molecule has 4 nitrogen and oxygen atoms in total. The molecule has 1 aromatic heterocycles. The molecule has 0 aliphatic heterocycles. The molecule has 0 spiro atoms. The minimum Gasteiger partial charge on any atom is -0.382 e. The zero-order valence-corrected chi connectivity index (χ0v) is 13.3. The first-order valence-electron chi connectivity index (χ1n) is 7.23. The van der Waals surface area contributed by atoms with Crippen LogP contribution in [0.5, 0.6) is 0 Å². The smallest absolute Gasteiger partial charge is 0.203 e.